The van der Waals surface area contributed by atoms with E-state index in [9.17, 15) is 0 Å². The van der Waals surface area contributed by atoms with Crippen molar-refractivity contribution in [1.82, 2.24) is 0 Å². The fourth-order valence-corrected chi connectivity index (χ4v) is 3.90. The summed E-state index contributed by atoms with van der Waals surface area (Å²) in [6.45, 7) is 7.41. The third-order valence-corrected chi connectivity index (χ3v) is 4.60. The lowest BCUT2D eigenvalue weighted by Crippen LogP contribution is -2.34. The fraction of sp³-hybridized carbons (Fsp3) is 0.600. The van der Waals surface area contributed by atoms with Crippen molar-refractivity contribution in [2.75, 3.05) is 6.54 Å². The average molecular weight is 251 g/mol. The first-order chi connectivity index (χ1) is 8.15. The van der Waals surface area contributed by atoms with Crippen molar-refractivity contribution < 1.29 is 0 Å². The molecule has 0 amide bonds. The van der Waals surface area contributed by atoms with Crippen molar-refractivity contribution in [1.29, 1.82) is 0 Å². The van der Waals surface area contributed by atoms with Crippen LogP contribution in [0.3, 0.4) is 0 Å². The van der Waals surface area contributed by atoms with E-state index in [-0.39, 0.29) is 4.75 Å². The van der Waals surface area contributed by atoms with Crippen LogP contribution in [0.2, 0.25) is 0 Å². The number of aryl methyl sites for hydroxylation is 1. The average Bonchev–Trinajstić information content (AvgIpc) is 2.29. The SMILES string of the molecule is CCCC(CN)(CCC)Sc1cccc(C)c1. The van der Waals surface area contributed by atoms with Crippen molar-refractivity contribution in [2.24, 2.45) is 5.73 Å². The van der Waals surface area contributed by atoms with Gasteiger partial charge in [0.25, 0.3) is 0 Å². The van der Waals surface area contributed by atoms with E-state index in [1.54, 1.807) is 0 Å². The summed E-state index contributed by atoms with van der Waals surface area (Å²) in [5, 5.41) is 0. The molecule has 1 rings (SSSR count). The van der Waals surface area contributed by atoms with E-state index >= 15 is 0 Å². The molecule has 0 unspecified atom stereocenters. The lowest BCUT2D eigenvalue weighted by atomic mass is 9.97. The van der Waals surface area contributed by atoms with E-state index in [0.29, 0.717) is 0 Å². The highest BCUT2D eigenvalue weighted by Crippen LogP contribution is 2.39. The zero-order chi connectivity index (χ0) is 12.7. The minimum Gasteiger partial charge on any atom is -0.329 e. The van der Waals surface area contributed by atoms with E-state index in [1.807, 2.05) is 11.8 Å². The summed E-state index contributed by atoms with van der Waals surface area (Å²) in [6.07, 6.45) is 4.82. The summed E-state index contributed by atoms with van der Waals surface area (Å²) in [6, 6.07) is 8.75. The van der Waals surface area contributed by atoms with Crippen molar-refractivity contribution in [3.63, 3.8) is 0 Å². The molecule has 0 atom stereocenters. The first-order valence-corrected chi connectivity index (χ1v) is 7.43. The Morgan fingerprint density at radius 3 is 2.29 bits per heavy atom. The van der Waals surface area contributed by atoms with Gasteiger partial charge in [-0.3, -0.25) is 0 Å². The Hall–Kier alpha value is -0.470. The predicted molar refractivity (Wildman–Crippen MR) is 78.6 cm³/mol. The molecular formula is C15H25NS. The highest BCUT2D eigenvalue weighted by molar-refractivity contribution is 8.00. The van der Waals surface area contributed by atoms with Gasteiger partial charge in [0.2, 0.25) is 0 Å². The van der Waals surface area contributed by atoms with Gasteiger partial charge in [0.1, 0.15) is 0 Å². The fourth-order valence-electron chi connectivity index (χ4n) is 2.31. The van der Waals surface area contributed by atoms with Crippen LogP contribution in [0.1, 0.15) is 45.1 Å². The largest absolute Gasteiger partial charge is 0.329 e. The molecule has 0 aliphatic rings. The van der Waals surface area contributed by atoms with Gasteiger partial charge in [0, 0.05) is 16.2 Å². The molecule has 1 aromatic rings. The van der Waals surface area contributed by atoms with Crippen molar-refractivity contribution in [2.45, 2.75) is 56.1 Å². The van der Waals surface area contributed by atoms with E-state index in [2.05, 4.69) is 45.0 Å². The van der Waals surface area contributed by atoms with Gasteiger partial charge < -0.3 is 5.73 Å². The van der Waals surface area contributed by atoms with Gasteiger partial charge in [-0.25, -0.2) is 0 Å². The van der Waals surface area contributed by atoms with E-state index in [1.165, 1.54) is 36.1 Å². The number of hydrogen-bond acceptors (Lipinski definition) is 2. The molecule has 0 saturated heterocycles. The number of benzene rings is 1. The zero-order valence-electron chi connectivity index (χ0n) is 11.3. The monoisotopic (exact) mass is 251 g/mol. The summed E-state index contributed by atoms with van der Waals surface area (Å²) >= 11 is 1.97. The third kappa shape index (κ3) is 4.36. The lowest BCUT2D eigenvalue weighted by molar-refractivity contribution is 0.498. The second-order valence-corrected chi connectivity index (χ2v) is 6.35. The summed E-state index contributed by atoms with van der Waals surface area (Å²) in [5.74, 6) is 0. The van der Waals surface area contributed by atoms with Crippen molar-refractivity contribution in [3.05, 3.63) is 29.8 Å². The van der Waals surface area contributed by atoms with E-state index in [4.69, 9.17) is 5.73 Å². The van der Waals surface area contributed by atoms with Gasteiger partial charge in [-0.05, 0) is 31.9 Å². The summed E-state index contributed by atoms with van der Waals surface area (Å²) in [5.41, 5.74) is 7.37. The van der Waals surface area contributed by atoms with Gasteiger partial charge in [-0.2, -0.15) is 0 Å². The predicted octanol–water partition coefficient (Wildman–Crippen LogP) is 4.38. The second kappa shape index (κ2) is 7.07. The van der Waals surface area contributed by atoms with Gasteiger partial charge in [-0.15, -0.1) is 11.8 Å². The van der Waals surface area contributed by atoms with Crippen molar-refractivity contribution in [3.8, 4) is 0 Å². The van der Waals surface area contributed by atoms with Crippen LogP contribution in [-0.4, -0.2) is 11.3 Å². The van der Waals surface area contributed by atoms with Crippen LogP contribution in [0.5, 0.6) is 0 Å². The molecule has 2 N–H and O–H groups in total. The van der Waals surface area contributed by atoms with E-state index < -0.39 is 0 Å². The highest BCUT2D eigenvalue weighted by Gasteiger charge is 2.27. The maximum atomic E-state index is 6.04. The minimum absolute atomic E-state index is 0.233. The Balaban J connectivity index is 2.84. The topological polar surface area (TPSA) is 26.0 Å². The number of hydrogen-bond donors (Lipinski definition) is 1. The zero-order valence-corrected chi connectivity index (χ0v) is 12.1. The third-order valence-electron chi connectivity index (χ3n) is 3.11. The second-order valence-electron chi connectivity index (χ2n) is 4.81. The molecule has 17 heavy (non-hydrogen) atoms. The maximum absolute atomic E-state index is 6.04. The Morgan fingerprint density at radius 2 is 1.82 bits per heavy atom. The molecular weight excluding hydrogens is 226 g/mol. The Bertz CT molecular complexity index is 329. The highest BCUT2D eigenvalue weighted by atomic mass is 32.2. The number of nitrogens with two attached hydrogens (primary N) is 1. The maximum Gasteiger partial charge on any atom is 0.0329 e. The number of thioether (sulfide) groups is 1. The molecule has 0 bridgehead atoms. The van der Waals surface area contributed by atoms with Crippen LogP contribution >= 0.6 is 11.8 Å². The Morgan fingerprint density at radius 1 is 1.18 bits per heavy atom. The molecule has 0 heterocycles. The molecule has 2 heteroatoms. The van der Waals surface area contributed by atoms with E-state index in [0.717, 1.165) is 6.54 Å². The minimum atomic E-state index is 0.233. The summed E-state index contributed by atoms with van der Waals surface area (Å²) in [7, 11) is 0. The lowest BCUT2D eigenvalue weighted by Gasteiger charge is -2.31. The molecule has 96 valence electrons. The smallest absolute Gasteiger partial charge is 0.0329 e. The quantitative estimate of drug-likeness (QED) is 0.728. The molecule has 0 fully saturated rings. The van der Waals surface area contributed by atoms with Crippen LogP contribution in [0, 0.1) is 6.92 Å². The van der Waals surface area contributed by atoms with Gasteiger partial charge in [-0.1, -0.05) is 44.4 Å². The molecule has 0 aliphatic carbocycles. The molecule has 1 nitrogen and oxygen atoms in total. The molecule has 0 radical (unpaired) electrons. The normalized spacial score (nSPS) is 11.8. The molecule has 0 saturated carbocycles. The summed E-state index contributed by atoms with van der Waals surface area (Å²) < 4.78 is 0.233. The summed E-state index contributed by atoms with van der Waals surface area (Å²) in [4.78, 5) is 1.36. The first kappa shape index (κ1) is 14.6. The van der Waals surface area contributed by atoms with Gasteiger partial charge >= 0.3 is 0 Å². The van der Waals surface area contributed by atoms with Crippen LogP contribution < -0.4 is 5.73 Å². The van der Waals surface area contributed by atoms with Crippen LogP contribution in [0.25, 0.3) is 0 Å². The Labute approximate surface area is 110 Å². The molecule has 0 spiro atoms. The molecule has 0 aromatic heterocycles. The molecule has 0 aliphatic heterocycles. The van der Waals surface area contributed by atoms with Crippen LogP contribution in [-0.2, 0) is 0 Å². The van der Waals surface area contributed by atoms with Crippen molar-refractivity contribution >= 4 is 11.8 Å². The molecule has 1 aromatic carbocycles. The first-order valence-electron chi connectivity index (χ1n) is 6.61. The van der Waals surface area contributed by atoms with Gasteiger partial charge in [0.05, 0.1) is 0 Å². The number of rotatable bonds is 7. The Kier molecular flexibility index (Phi) is 6.07. The van der Waals surface area contributed by atoms with Gasteiger partial charge in [0.15, 0.2) is 0 Å². The van der Waals surface area contributed by atoms with Crippen LogP contribution in [0.4, 0.5) is 0 Å². The standard InChI is InChI=1S/C15H25NS/c1-4-9-15(12-16,10-5-2)17-14-8-6-7-13(3)11-14/h6-8,11H,4-5,9-10,12,16H2,1-3H3. The van der Waals surface area contributed by atoms with Crippen LogP contribution in [0.15, 0.2) is 29.2 Å².